The van der Waals surface area contributed by atoms with E-state index in [0.29, 0.717) is 0 Å². The number of ketones is 1. The van der Waals surface area contributed by atoms with Crippen molar-refractivity contribution in [3.05, 3.63) is 12.7 Å². The number of esters is 1. The number of carbonyl (C=O) groups excluding carboxylic acids is 2. The Labute approximate surface area is 123 Å². The van der Waals surface area contributed by atoms with E-state index in [2.05, 4.69) is 6.58 Å². The fourth-order valence-corrected chi connectivity index (χ4v) is 3.33. The van der Waals surface area contributed by atoms with Gasteiger partial charge < -0.3 is 13.8 Å². The number of Topliss-reactive ketones (excluding diaryl/α,β-unsaturated/α-hetero) is 1. The molecule has 0 aliphatic rings. The van der Waals surface area contributed by atoms with Gasteiger partial charge in [0, 0.05) is 13.3 Å². The molecule has 0 aliphatic heterocycles. The molecule has 0 heterocycles. The minimum Gasteiger partial charge on any atom is -0.458 e. The van der Waals surface area contributed by atoms with Crippen molar-refractivity contribution in [3.63, 3.8) is 0 Å². The molecule has 0 saturated carbocycles. The predicted molar refractivity (Wildman–Crippen MR) is 75.9 cm³/mol. The third kappa shape index (κ3) is 6.18. The average Bonchev–Trinajstić information content (AvgIpc) is 2.36. The van der Waals surface area contributed by atoms with Crippen LogP contribution < -0.4 is 0 Å². The van der Waals surface area contributed by atoms with Crippen molar-refractivity contribution < 1.29 is 27.9 Å². The molecule has 0 rings (SSSR count). The molecular weight excluding hydrogens is 307 g/mol. The van der Waals surface area contributed by atoms with Gasteiger partial charge in [0.1, 0.15) is 6.10 Å². The van der Waals surface area contributed by atoms with Crippen LogP contribution in [0.1, 0.15) is 27.2 Å². The molecule has 6 nitrogen and oxygen atoms in total. The Morgan fingerprint density at radius 2 is 1.80 bits per heavy atom. The molecule has 0 bridgehead atoms. The fraction of sp³-hybridized carbons (Fsp3) is 0.667. The van der Waals surface area contributed by atoms with Crippen molar-refractivity contribution in [2.24, 2.45) is 0 Å². The Morgan fingerprint density at radius 3 is 2.15 bits per heavy atom. The van der Waals surface area contributed by atoms with E-state index in [1.54, 1.807) is 13.8 Å². The number of rotatable bonds is 10. The third-order valence-electron chi connectivity index (χ3n) is 2.14. The molecule has 0 N–H and O–H groups in total. The molecule has 0 amide bonds. The predicted octanol–water partition coefficient (Wildman–Crippen LogP) is 2.89. The Balaban J connectivity index is 4.84. The van der Waals surface area contributed by atoms with Crippen molar-refractivity contribution in [3.8, 4) is 0 Å². The van der Waals surface area contributed by atoms with Gasteiger partial charge in [-0.2, -0.15) is 0 Å². The first-order valence-corrected chi connectivity index (χ1v) is 8.20. The molecule has 8 heteroatoms. The Kier molecular flexibility index (Phi) is 8.98. The maximum Gasteiger partial charge on any atom is 0.355 e. The lowest BCUT2D eigenvalue weighted by molar-refractivity contribution is -0.145. The monoisotopic (exact) mass is 326 g/mol. The van der Waals surface area contributed by atoms with Crippen molar-refractivity contribution in [2.45, 2.75) is 38.4 Å². The highest BCUT2D eigenvalue weighted by Gasteiger charge is 2.40. The minimum atomic E-state index is -3.73. The van der Waals surface area contributed by atoms with E-state index >= 15 is 0 Å². The van der Waals surface area contributed by atoms with E-state index in [1.165, 1.54) is 13.0 Å². The fourth-order valence-electron chi connectivity index (χ4n) is 1.39. The molecule has 20 heavy (non-hydrogen) atoms. The molecule has 0 fully saturated rings. The van der Waals surface area contributed by atoms with Crippen LogP contribution in [0.15, 0.2) is 12.7 Å². The second kappa shape index (κ2) is 9.29. The molecule has 0 aromatic carbocycles. The Hall–Kier alpha value is -0.680. The standard InChI is InChI=1S/C12H20ClO6P/c1-5-10(19-9(4)14)8-11(15)12(13)20(16,17-6-2)18-7-3/h5,10,12H,1,6-8H2,2-4H3/t10-,12?/m1/s1. The van der Waals surface area contributed by atoms with Crippen LogP contribution >= 0.6 is 19.2 Å². The zero-order valence-electron chi connectivity index (χ0n) is 11.8. The molecule has 116 valence electrons. The number of halogens is 1. The highest BCUT2D eigenvalue weighted by Crippen LogP contribution is 2.55. The van der Waals surface area contributed by atoms with E-state index in [1.807, 2.05) is 0 Å². The van der Waals surface area contributed by atoms with Crippen molar-refractivity contribution in [2.75, 3.05) is 13.2 Å². The number of carbonyl (C=O) groups is 2. The summed E-state index contributed by atoms with van der Waals surface area (Å²) in [7, 11) is -3.73. The van der Waals surface area contributed by atoms with Crippen LogP contribution in [-0.2, 0) is 27.9 Å². The summed E-state index contributed by atoms with van der Waals surface area (Å²) in [5, 5.41) is -1.44. The molecule has 0 aromatic rings. The van der Waals surface area contributed by atoms with Gasteiger partial charge in [0.05, 0.1) is 13.2 Å². The molecule has 1 unspecified atom stereocenters. The molecular formula is C12H20ClO6P. The van der Waals surface area contributed by atoms with Gasteiger partial charge in [0.2, 0.25) is 0 Å². The van der Waals surface area contributed by atoms with Gasteiger partial charge in [-0.15, -0.1) is 11.6 Å². The van der Waals surface area contributed by atoms with Crippen LogP contribution in [0.25, 0.3) is 0 Å². The summed E-state index contributed by atoms with van der Waals surface area (Å²) in [4.78, 5) is 22.8. The SMILES string of the molecule is C=C[C@H](CC(=O)C(Cl)P(=O)(OCC)OCC)OC(C)=O. The quantitative estimate of drug-likeness (QED) is 0.266. The summed E-state index contributed by atoms with van der Waals surface area (Å²) < 4.78 is 27.2. The largest absolute Gasteiger partial charge is 0.458 e. The van der Waals surface area contributed by atoms with E-state index in [9.17, 15) is 14.2 Å². The van der Waals surface area contributed by atoms with Gasteiger partial charge in [-0.1, -0.05) is 12.7 Å². The second-order valence-corrected chi connectivity index (χ2v) is 6.62. The van der Waals surface area contributed by atoms with Gasteiger partial charge in [-0.3, -0.25) is 14.2 Å². The minimum absolute atomic E-state index is 0.0998. The number of ether oxygens (including phenoxy) is 1. The summed E-state index contributed by atoms with van der Waals surface area (Å²) in [5.41, 5.74) is 0. The lowest BCUT2D eigenvalue weighted by atomic mass is 10.2. The van der Waals surface area contributed by atoms with Crippen molar-refractivity contribution in [1.82, 2.24) is 0 Å². The zero-order chi connectivity index (χ0) is 15.8. The van der Waals surface area contributed by atoms with Gasteiger partial charge in [-0.25, -0.2) is 0 Å². The molecule has 2 atom stereocenters. The van der Waals surface area contributed by atoms with Gasteiger partial charge in [0.25, 0.3) is 0 Å². The van der Waals surface area contributed by atoms with Gasteiger partial charge in [0.15, 0.2) is 10.9 Å². The summed E-state index contributed by atoms with van der Waals surface area (Å²) >= 11 is 5.90. The Morgan fingerprint density at radius 1 is 1.30 bits per heavy atom. The van der Waals surface area contributed by atoms with Crippen LogP contribution in [0.5, 0.6) is 0 Å². The third-order valence-corrected chi connectivity index (χ3v) is 5.18. The van der Waals surface area contributed by atoms with Crippen molar-refractivity contribution in [1.29, 1.82) is 0 Å². The molecule has 0 radical (unpaired) electrons. The van der Waals surface area contributed by atoms with E-state index < -0.39 is 30.6 Å². The first-order chi connectivity index (χ1) is 9.30. The Bertz CT molecular complexity index is 387. The summed E-state index contributed by atoms with van der Waals surface area (Å²) in [6.07, 6.45) is 0.245. The maximum absolute atomic E-state index is 12.3. The normalized spacial score (nSPS) is 14.4. The van der Waals surface area contributed by atoms with E-state index in [4.69, 9.17) is 25.4 Å². The summed E-state index contributed by atoms with van der Waals surface area (Å²) in [6.45, 7) is 8.10. The summed E-state index contributed by atoms with van der Waals surface area (Å²) in [6, 6.07) is 0. The number of hydrogen-bond donors (Lipinski definition) is 0. The topological polar surface area (TPSA) is 78.9 Å². The lowest BCUT2D eigenvalue weighted by Gasteiger charge is -2.22. The van der Waals surface area contributed by atoms with Crippen LogP contribution in [-0.4, -0.2) is 36.2 Å². The molecule has 0 spiro atoms. The second-order valence-electron chi connectivity index (χ2n) is 3.77. The lowest BCUT2D eigenvalue weighted by Crippen LogP contribution is -2.25. The van der Waals surface area contributed by atoms with E-state index in [0.717, 1.165) is 0 Å². The summed E-state index contributed by atoms with van der Waals surface area (Å²) in [5.74, 6) is -1.14. The average molecular weight is 327 g/mol. The van der Waals surface area contributed by atoms with E-state index in [-0.39, 0.29) is 19.6 Å². The maximum atomic E-state index is 12.3. The smallest absolute Gasteiger partial charge is 0.355 e. The first kappa shape index (κ1) is 19.3. The number of hydrogen-bond acceptors (Lipinski definition) is 6. The van der Waals surface area contributed by atoms with Gasteiger partial charge >= 0.3 is 13.6 Å². The molecule has 0 aromatic heterocycles. The molecule has 0 saturated heterocycles. The highest BCUT2D eigenvalue weighted by atomic mass is 35.5. The van der Waals surface area contributed by atoms with Crippen LogP contribution in [0.4, 0.5) is 0 Å². The number of alkyl halides is 1. The first-order valence-electron chi connectivity index (χ1n) is 6.16. The van der Waals surface area contributed by atoms with Crippen LogP contribution in [0.3, 0.4) is 0 Å². The zero-order valence-corrected chi connectivity index (χ0v) is 13.5. The highest BCUT2D eigenvalue weighted by molar-refractivity contribution is 7.57. The van der Waals surface area contributed by atoms with Gasteiger partial charge in [-0.05, 0) is 13.8 Å². The van der Waals surface area contributed by atoms with Crippen molar-refractivity contribution >= 4 is 30.9 Å². The molecule has 0 aliphatic carbocycles. The van der Waals surface area contributed by atoms with Crippen LogP contribution in [0.2, 0.25) is 0 Å². The van der Waals surface area contributed by atoms with Crippen LogP contribution in [0, 0.1) is 0 Å².